The number of hydrogen-bond donors (Lipinski definition) is 1. The molecule has 4 rings (SSSR count). The quantitative estimate of drug-likeness (QED) is 0.854. The second-order valence-corrected chi connectivity index (χ2v) is 7.88. The molecule has 0 aliphatic carbocycles. The Morgan fingerprint density at radius 3 is 2.92 bits per heavy atom. The molecule has 3 heterocycles. The average Bonchev–Trinajstić information content (AvgIpc) is 2.59. The standard InChI is InChI=1S/C19H21BrN2O3/c1-25-17-7-12(6-15(20)19(17)24)8-21-9-13-5-14(11-21)16-3-2-4-18(23)22(16)10-13/h2-4,6-7,13-14,24H,5,8-11H2,1H3/t13-,14+/m1/s1. The molecule has 0 radical (unpaired) electrons. The fraction of sp³-hybridized carbons (Fsp3) is 0.421. The molecule has 1 aromatic carbocycles. The lowest BCUT2D eigenvalue weighted by molar-refractivity contribution is 0.114. The van der Waals surface area contributed by atoms with E-state index >= 15 is 0 Å². The molecule has 2 bridgehead atoms. The molecule has 1 aromatic heterocycles. The number of methoxy groups -OCH3 is 1. The van der Waals surface area contributed by atoms with Crippen molar-refractivity contribution in [3.8, 4) is 11.5 Å². The highest BCUT2D eigenvalue weighted by Crippen LogP contribution is 2.38. The van der Waals surface area contributed by atoms with E-state index < -0.39 is 0 Å². The number of ether oxygens (including phenoxy) is 1. The second-order valence-electron chi connectivity index (χ2n) is 7.02. The highest BCUT2D eigenvalue weighted by molar-refractivity contribution is 9.10. The van der Waals surface area contributed by atoms with Crippen molar-refractivity contribution in [2.24, 2.45) is 5.92 Å². The maximum atomic E-state index is 12.1. The van der Waals surface area contributed by atoms with Gasteiger partial charge in [0.1, 0.15) is 0 Å². The number of aromatic nitrogens is 1. The summed E-state index contributed by atoms with van der Waals surface area (Å²) in [5, 5.41) is 9.98. The molecule has 1 N–H and O–H groups in total. The van der Waals surface area contributed by atoms with Crippen LogP contribution in [0.5, 0.6) is 11.5 Å². The number of benzene rings is 1. The molecule has 0 saturated carbocycles. The molecule has 5 nitrogen and oxygen atoms in total. The Bertz CT molecular complexity index is 864. The summed E-state index contributed by atoms with van der Waals surface area (Å²) in [5.74, 6) is 1.53. The molecule has 1 saturated heterocycles. The first kappa shape index (κ1) is 16.7. The Hall–Kier alpha value is -1.79. The fourth-order valence-corrected chi connectivity index (χ4v) is 4.75. The molecular formula is C19H21BrN2O3. The van der Waals surface area contributed by atoms with E-state index in [0.29, 0.717) is 22.1 Å². The van der Waals surface area contributed by atoms with Crippen molar-refractivity contribution in [3.05, 3.63) is 56.4 Å². The number of pyridine rings is 1. The number of halogens is 1. The number of phenolic OH excluding ortho intramolecular Hbond substituents is 1. The summed E-state index contributed by atoms with van der Waals surface area (Å²) in [4.78, 5) is 14.6. The molecule has 0 spiro atoms. The minimum atomic E-state index is 0.118. The summed E-state index contributed by atoms with van der Waals surface area (Å²) in [6.07, 6.45) is 1.16. The van der Waals surface area contributed by atoms with Crippen LogP contribution in [0.25, 0.3) is 0 Å². The van der Waals surface area contributed by atoms with Crippen LogP contribution in [0.4, 0.5) is 0 Å². The molecule has 6 heteroatoms. The monoisotopic (exact) mass is 404 g/mol. The van der Waals surface area contributed by atoms with Gasteiger partial charge >= 0.3 is 0 Å². The van der Waals surface area contributed by atoms with Crippen LogP contribution in [-0.4, -0.2) is 34.8 Å². The third-order valence-corrected chi connectivity index (χ3v) is 5.87. The van der Waals surface area contributed by atoms with Gasteiger partial charge in [0.2, 0.25) is 0 Å². The van der Waals surface area contributed by atoms with Crippen LogP contribution in [-0.2, 0) is 13.1 Å². The van der Waals surface area contributed by atoms with Gasteiger partial charge in [-0.3, -0.25) is 9.69 Å². The van der Waals surface area contributed by atoms with Crippen LogP contribution < -0.4 is 10.3 Å². The van der Waals surface area contributed by atoms with Crippen LogP contribution in [0.3, 0.4) is 0 Å². The van der Waals surface area contributed by atoms with Crippen molar-refractivity contribution in [2.75, 3.05) is 20.2 Å². The molecule has 2 aliphatic heterocycles. The van der Waals surface area contributed by atoms with Gasteiger partial charge in [0.05, 0.1) is 11.6 Å². The summed E-state index contributed by atoms with van der Waals surface area (Å²) < 4.78 is 7.86. The summed E-state index contributed by atoms with van der Waals surface area (Å²) in [5.41, 5.74) is 2.39. The lowest BCUT2D eigenvalue weighted by Crippen LogP contribution is -2.46. The van der Waals surface area contributed by atoms with Crippen LogP contribution in [0, 0.1) is 5.92 Å². The van der Waals surface area contributed by atoms with Gasteiger partial charge in [0.25, 0.3) is 5.56 Å². The van der Waals surface area contributed by atoms with Gasteiger partial charge in [-0.05, 0) is 52.0 Å². The first-order valence-corrected chi connectivity index (χ1v) is 9.32. The second kappa shape index (κ2) is 6.50. The molecule has 0 unspecified atom stereocenters. The lowest BCUT2D eigenvalue weighted by Gasteiger charge is -2.42. The van der Waals surface area contributed by atoms with Gasteiger partial charge < -0.3 is 14.4 Å². The Labute approximate surface area is 155 Å². The molecule has 2 aromatic rings. The van der Waals surface area contributed by atoms with E-state index in [0.717, 1.165) is 43.9 Å². The van der Waals surface area contributed by atoms with Gasteiger partial charge in [0, 0.05) is 43.9 Å². The van der Waals surface area contributed by atoms with Crippen molar-refractivity contribution in [2.45, 2.75) is 25.4 Å². The largest absolute Gasteiger partial charge is 0.503 e. The molecule has 25 heavy (non-hydrogen) atoms. The van der Waals surface area contributed by atoms with E-state index in [4.69, 9.17) is 4.74 Å². The zero-order valence-electron chi connectivity index (χ0n) is 14.1. The van der Waals surface area contributed by atoms with Gasteiger partial charge in [-0.1, -0.05) is 6.07 Å². The Morgan fingerprint density at radius 2 is 2.12 bits per heavy atom. The molecular weight excluding hydrogens is 384 g/mol. The number of aromatic hydroxyl groups is 1. The number of fused-ring (bicyclic) bond motifs is 4. The lowest BCUT2D eigenvalue weighted by atomic mass is 9.83. The third kappa shape index (κ3) is 3.09. The van der Waals surface area contributed by atoms with Crippen molar-refractivity contribution in [1.29, 1.82) is 0 Å². The summed E-state index contributed by atoms with van der Waals surface area (Å²) in [6, 6.07) is 9.45. The summed E-state index contributed by atoms with van der Waals surface area (Å²) in [6.45, 7) is 3.54. The zero-order chi connectivity index (χ0) is 17.6. The number of rotatable bonds is 3. The fourth-order valence-electron chi connectivity index (χ4n) is 4.26. The first-order valence-electron chi connectivity index (χ1n) is 8.52. The van der Waals surface area contributed by atoms with Gasteiger partial charge in [0.15, 0.2) is 11.5 Å². The summed E-state index contributed by atoms with van der Waals surface area (Å²) in [7, 11) is 1.56. The SMILES string of the molecule is COc1cc(CN2C[C@H]3C[C@@H](C2)c2cccc(=O)n2C3)cc(Br)c1O. The highest BCUT2D eigenvalue weighted by atomic mass is 79.9. The van der Waals surface area contributed by atoms with E-state index in [2.05, 4.69) is 26.9 Å². The Balaban J connectivity index is 1.57. The van der Waals surface area contributed by atoms with E-state index in [-0.39, 0.29) is 11.3 Å². The number of nitrogens with zero attached hydrogens (tertiary/aromatic N) is 2. The topological polar surface area (TPSA) is 54.7 Å². The van der Waals surface area contributed by atoms with E-state index in [9.17, 15) is 9.90 Å². The number of phenols is 1. The van der Waals surface area contributed by atoms with Crippen LogP contribution in [0.2, 0.25) is 0 Å². The maximum Gasteiger partial charge on any atom is 0.250 e. The van der Waals surface area contributed by atoms with Gasteiger partial charge in [-0.25, -0.2) is 0 Å². The first-order chi connectivity index (χ1) is 12.0. The molecule has 2 atom stereocenters. The van der Waals surface area contributed by atoms with Crippen molar-refractivity contribution < 1.29 is 9.84 Å². The van der Waals surface area contributed by atoms with E-state index in [1.165, 1.54) is 0 Å². The third-order valence-electron chi connectivity index (χ3n) is 5.27. The van der Waals surface area contributed by atoms with E-state index in [1.54, 1.807) is 13.2 Å². The van der Waals surface area contributed by atoms with Crippen molar-refractivity contribution in [1.82, 2.24) is 9.47 Å². The zero-order valence-corrected chi connectivity index (χ0v) is 15.7. The Kier molecular flexibility index (Phi) is 4.33. The predicted molar refractivity (Wildman–Crippen MR) is 99.2 cm³/mol. The van der Waals surface area contributed by atoms with Crippen LogP contribution >= 0.6 is 15.9 Å². The minimum Gasteiger partial charge on any atom is -0.503 e. The minimum absolute atomic E-state index is 0.118. The van der Waals surface area contributed by atoms with Gasteiger partial charge in [-0.2, -0.15) is 0 Å². The molecule has 0 amide bonds. The normalized spacial score (nSPS) is 22.5. The predicted octanol–water partition coefficient (Wildman–Crippen LogP) is 2.94. The van der Waals surface area contributed by atoms with Crippen LogP contribution in [0.1, 0.15) is 23.6 Å². The average molecular weight is 405 g/mol. The number of hydrogen-bond acceptors (Lipinski definition) is 4. The van der Waals surface area contributed by atoms with Gasteiger partial charge in [-0.15, -0.1) is 0 Å². The van der Waals surface area contributed by atoms with Crippen molar-refractivity contribution in [3.63, 3.8) is 0 Å². The van der Waals surface area contributed by atoms with E-state index in [1.807, 2.05) is 22.8 Å². The number of likely N-dealkylation sites (tertiary alicyclic amines) is 1. The molecule has 132 valence electrons. The van der Waals surface area contributed by atoms with Crippen molar-refractivity contribution >= 4 is 15.9 Å². The maximum absolute atomic E-state index is 12.1. The highest BCUT2D eigenvalue weighted by Gasteiger charge is 2.34. The Morgan fingerprint density at radius 1 is 1.28 bits per heavy atom. The number of piperidine rings is 1. The van der Waals surface area contributed by atoms with Crippen LogP contribution in [0.15, 0.2) is 39.6 Å². The molecule has 2 aliphatic rings. The summed E-state index contributed by atoms with van der Waals surface area (Å²) >= 11 is 3.39. The smallest absolute Gasteiger partial charge is 0.250 e. The molecule has 1 fully saturated rings.